The number of hydrogen-bond acceptors (Lipinski definition) is 3. The summed E-state index contributed by atoms with van der Waals surface area (Å²) in [6.07, 6.45) is 0. The summed E-state index contributed by atoms with van der Waals surface area (Å²) in [5.41, 5.74) is 2.85. The maximum absolute atomic E-state index is 13.4. The molecular weight excluding hydrogens is 410 g/mol. The molecule has 3 aromatic carbocycles. The number of aliphatic hydroxyl groups excluding tert-OH is 1. The summed E-state index contributed by atoms with van der Waals surface area (Å²) in [7, 11) is 0. The van der Waals surface area contributed by atoms with Crippen molar-refractivity contribution in [1.29, 1.82) is 0 Å². The quantitative estimate of drug-likeness (QED) is 0.486. The van der Waals surface area contributed by atoms with E-state index in [1.165, 1.54) is 4.90 Å². The lowest BCUT2D eigenvalue weighted by Gasteiger charge is -2.27. The molecule has 0 aliphatic carbocycles. The molecule has 0 spiro atoms. The summed E-state index contributed by atoms with van der Waals surface area (Å²) in [4.78, 5) is 28.1. The fourth-order valence-electron chi connectivity index (χ4n) is 3.84. The molecule has 1 aliphatic rings. The molecule has 0 saturated heterocycles. The average Bonchev–Trinajstić information content (AvgIpc) is 3.05. The van der Waals surface area contributed by atoms with Gasteiger partial charge in [-0.1, -0.05) is 80.0 Å². The zero-order valence-corrected chi connectivity index (χ0v) is 18.0. The number of Topliss-reactive ketones (excluding diaryl/α,β-unsaturated/α-hetero) is 1. The van der Waals surface area contributed by atoms with Crippen molar-refractivity contribution in [2.24, 2.45) is 0 Å². The lowest BCUT2D eigenvalue weighted by atomic mass is 9.92. The highest BCUT2D eigenvalue weighted by Gasteiger charge is 2.44. The minimum atomic E-state index is -0.764. The van der Waals surface area contributed by atoms with Crippen LogP contribution >= 0.6 is 11.6 Å². The third-order valence-electron chi connectivity index (χ3n) is 5.49. The topological polar surface area (TPSA) is 57.6 Å². The molecular formula is C26H22ClNO3. The van der Waals surface area contributed by atoms with Crippen molar-refractivity contribution in [2.75, 3.05) is 4.90 Å². The molecule has 0 radical (unpaired) electrons. The zero-order chi connectivity index (χ0) is 22.1. The molecule has 3 aromatic rings. The second kappa shape index (κ2) is 8.40. The van der Waals surface area contributed by atoms with Gasteiger partial charge in [0.05, 0.1) is 11.6 Å². The molecule has 0 fully saturated rings. The molecule has 1 unspecified atom stereocenters. The first-order valence-corrected chi connectivity index (χ1v) is 10.5. The number of carbonyl (C=O) groups is 2. The average molecular weight is 432 g/mol. The van der Waals surface area contributed by atoms with Crippen molar-refractivity contribution in [1.82, 2.24) is 0 Å². The van der Waals surface area contributed by atoms with Gasteiger partial charge in [-0.15, -0.1) is 0 Å². The van der Waals surface area contributed by atoms with E-state index in [4.69, 9.17) is 11.6 Å². The third-order valence-corrected chi connectivity index (χ3v) is 5.74. The number of anilines is 1. The fraction of sp³-hybridized carbons (Fsp3) is 0.154. The number of aliphatic hydroxyl groups is 1. The molecule has 1 atom stereocenters. The Morgan fingerprint density at radius 3 is 2.29 bits per heavy atom. The van der Waals surface area contributed by atoms with E-state index < -0.39 is 17.7 Å². The molecule has 5 heteroatoms. The number of halogens is 1. The minimum Gasteiger partial charge on any atom is -0.503 e. The molecule has 4 nitrogen and oxygen atoms in total. The standard InChI is InChI=1S/C26H22ClNO3/c1-16(2)19-9-6-10-21(15-19)28-23(17-11-13-20(27)14-12-17)22(25(30)26(28)31)24(29)18-7-4-3-5-8-18/h3-16,23,30H,1-2H3. The summed E-state index contributed by atoms with van der Waals surface area (Å²) >= 11 is 6.07. The van der Waals surface area contributed by atoms with Crippen molar-refractivity contribution >= 4 is 29.0 Å². The number of rotatable bonds is 5. The highest BCUT2D eigenvalue weighted by Crippen LogP contribution is 2.42. The summed E-state index contributed by atoms with van der Waals surface area (Å²) in [6, 6.07) is 22.5. The Morgan fingerprint density at radius 2 is 1.65 bits per heavy atom. The van der Waals surface area contributed by atoms with E-state index in [1.54, 1.807) is 48.5 Å². The van der Waals surface area contributed by atoms with Gasteiger partial charge in [0.25, 0.3) is 5.91 Å². The molecule has 4 rings (SSSR count). The number of ketones is 1. The van der Waals surface area contributed by atoms with E-state index in [0.717, 1.165) is 5.56 Å². The molecule has 1 aliphatic heterocycles. The van der Waals surface area contributed by atoms with E-state index >= 15 is 0 Å². The van der Waals surface area contributed by atoms with E-state index in [9.17, 15) is 14.7 Å². The van der Waals surface area contributed by atoms with E-state index in [0.29, 0.717) is 21.8 Å². The Morgan fingerprint density at radius 1 is 0.968 bits per heavy atom. The van der Waals surface area contributed by atoms with E-state index in [2.05, 4.69) is 13.8 Å². The molecule has 1 N–H and O–H groups in total. The number of benzene rings is 3. The third kappa shape index (κ3) is 3.87. The summed E-state index contributed by atoms with van der Waals surface area (Å²) in [6.45, 7) is 4.14. The smallest absolute Gasteiger partial charge is 0.294 e. The molecule has 1 amide bonds. The first-order chi connectivity index (χ1) is 14.9. The number of amides is 1. The lowest BCUT2D eigenvalue weighted by molar-refractivity contribution is -0.117. The van der Waals surface area contributed by atoms with Gasteiger partial charge >= 0.3 is 0 Å². The zero-order valence-electron chi connectivity index (χ0n) is 17.2. The van der Waals surface area contributed by atoms with Crippen LogP contribution in [0.2, 0.25) is 5.02 Å². The molecule has 1 heterocycles. The van der Waals surface area contributed by atoms with Gasteiger partial charge in [0.15, 0.2) is 11.5 Å². The molecule has 0 saturated carbocycles. The summed E-state index contributed by atoms with van der Waals surface area (Å²) in [5.74, 6) is -1.24. The van der Waals surface area contributed by atoms with E-state index in [1.807, 2.05) is 30.3 Å². The van der Waals surface area contributed by atoms with Crippen LogP contribution in [-0.2, 0) is 4.79 Å². The van der Waals surface area contributed by atoms with Crippen LogP contribution in [0.5, 0.6) is 0 Å². The molecule has 156 valence electrons. The monoisotopic (exact) mass is 431 g/mol. The Kier molecular flexibility index (Phi) is 5.66. The van der Waals surface area contributed by atoms with Gasteiger partial charge in [-0.25, -0.2) is 0 Å². The van der Waals surface area contributed by atoms with Crippen LogP contribution in [0.1, 0.15) is 47.3 Å². The first kappa shape index (κ1) is 20.9. The van der Waals surface area contributed by atoms with Crippen molar-refractivity contribution in [2.45, 2.75) is 25.8 Å². The van der Waals surface area contributed by atoms with Crippen molar-refractivity contribution in [3.63, 3.8) is 0 Å². The summed E-state index contributed by atoms with van der Waals surface area (Å²) in [5, 5.41) is 11.4. The van der Waals surface area contributed by atoms with Crippen LogP contribution in [0, 0.1) is 0 Å². The Labute approximate surface area is 186 Å². The summed E-state index contributed by atoms with van der Waals surface area (Å²) < 4.78 is 0. The predicted molar refractivity (Wildman–Crippen MR) is 123 cm³/mol. The number of carbonyl (C=O) groups excluding carboxylic acids is 2. The molecule has 31 heavy (non-hydrogen) atoms. The Bertz CT molecular complexity index is 1170. The normalized spacial score (nSPS) is 16.3. The van der Waals surface area contributed by atoms with Gasteiger partial charge in [-0.2, -0.15) is 0 Å². The van der Waals surface area contributed by atoms with Gasteiger partial charge in [0.2, 0.25) is 0 Å². The second-order valence-corrected chi connectivity index (χ2v) is 8.27. The Balaban J connectivity index is 1.88. The van der Waals surface area contributed by atoms with Crippen LogP contribution < -0.4 is 4.90 Å². The van der Waals surface area contributed by atoms with Gasteiger partial charge < -0.3 is 5.11 Å². The van der Waals surface area contributed by atoms with Crippen LogP contribution in [0.3, 0.4) is 0 Å². The van der Waals surface area contributed by atoms with Crippen LogP contribution in [0.15, 0.2) is 90.2 Å². The van der Waals surface area contributed by atoms with Crippen molar-refractivity contribution < 1.29 is 14.7 Å². The lowest BCUT2D eigenvalue weighted by Crippen LogP contribution is -2.31. The second-order valence-electron chi connectivity index (χ2n) is 7.84. The van der Waals surface area contributed by atoms with Crippen molar-refractivity contribution in [3.05, 3.63) is 112 Å². The van der Waals surface area contributed by atoms with E-state index in [-0.39, 0.29) is 17.3 Å². The van der Waals surface area contributed by atoms with Gasteiger partial charge in [-0.05, 0) is 41.3 Å². The number of nitrogens with zero attached hydrogens (tertiary/aromatic N) is 1. The van der Waals surface area contributed by atoms with Crippen molar-refractivity contribution in [3.8, 4) is 0 Å². The maximum atomic E-state index is 13.4. The highest BCUT2D eigenvalue weighted by atomic mass is 35.5. The maximum Gasteiger partial charge on any atom is 0.294 e. The van der Waals surface area contributed by atoms with Crippen LogP contribution in [0.4, 0.5) is 5.69 Å². The first-order valence-electron chi connectivity index (χ1n) is 10.1. The molecule has 0 aromatic heterocycles. The molecule has 0 bridgehead atoms. The highest BCUT2D eigenvalue weighted by molar-refractivity contribution is 6.30. The minimum absolute atomic E-state index is 0.0634. The van der Waals surface area contributed by atoms with Crippen LogP contribution in [-0.4, -0.2) is 16.8 Å². The van der Waals surface area contributed by atoms with Gasteiger partial charge in [-0.3, -0.25) is 14.5 Å². The van der Waals surface area contributed by atoms with Crippen LogP contribution in [0.25, 0.3) is 0 Å². The Hall–Kier alpha value is -3.37. The predicted octanol–water partition coefficient (Wildman–Crippen LogP) is 6.25. The number of hydrogen-bond donors (Lipinski definition) is 1. The van der Waals surface area contributed by atoms with Gasteiger partial charge in [0, 0.05) is 16.3 Å². The fourth-order valence-corrected chi connectivity index (χ4v) is 3.97. The SMILES string of the molecule is CC(C)c1cccc(N2C(=O)C(O)=C(C(=O)c3ccccc3)C2c2ccc(Cl)cc2)c1. The largest absolute Gasteiger partial charge is 0.503 e. The van der Waals surface area contributed by atoms with Gasteiger partial charge in [0.1, 0.15) is 0 Å².